The normalized spacial score (nSPS) is 20.6. The van der Waals surface area contributed by atoms with Gasteiger partial charge in [-0.2, -0.15) is 0 Å². The molecule has 4 rings (SSSR count). The molecule has 2 aliphatic heterocycles. The number of rotatable bonds is 7. The van der Waals surface area contributed by atoms with Gasteiger partial charge in [0.15, 0.2) is 0 Å². The van der Waals surface area contributed by atoms with Crippen LogP contribution in [0.3, 0.4) is 0 Å². The Balaban J connectivity index is 0.00000216. The summed E-state index contributed by atoms with van der Waals surface area (Å²) in [4.78, 5) is 14.2. The van der Waals surface area contributed by atoms with Crippen molar-refractivity contribution in [3.05, 3.63) is 59.8 Å². The molecule has 0 radical (unpaired) electrons. The molecule has 8 heteroatoms. The fourth-order valence-electron chi connectivity index (χ4n) is 4.36. The van der Waals surface area contributed by atoms with Gasteiger partial charge in [-0.3, -0.25) is 9.52 Å². The highest BCUT2D eigenvalue weighted by Crippen LogP contribution is 2.42. The van der Waals surface area contributed by atoms with Crippen molar-refractivity contribution < 1.29 is 20.8 Å². The third kappa shape index (κ3) is 4.91. The number of fused-ring (bicyclic) bond motifs is 1. The molecule has 2 N–H and O–H groups in total. The smallest absolute Gasteiger partial charge is 0.244 e. The maximum atomic E-state index is 12.6. The summed E-state index contributed by atoms with van der Waals surface area (Å²) in [5.74, 6) is 1.76. The lowest BCUT2D eigenvalue weighted by atomic mass is 9.84. The monoisotopic (exact) mass is 473 g/mol. The Bertz CT molecular complexity index is 1180. The minimum atomic E-state index is -3.43. The summed E-state index contributed by atoms with van der Waals surface area (Å²) in [6.07, 6.45) is 2.67. The number of hydrogen-bond acceptors (Lipinski definition) is 5. The van der Waals surface area contributed by atoms with E-state index in [1.807, 2.05) is 30.5 Å². The van der Waals surface area contributed by atoms with Gasteiger partial charge in [-0.15, -0.1) is 0 Å². The van der Waals surface area contributed by atoms with Crippen molar-refractivity contribution in [2.24, 2.45) is 5.92 Å². The van der Waals surface area contributed by atoms with Gasteiger partial charge in [0.2, 0.25) is 15.9 Å². The number of hydrogen-bond donors (Lipinski definition) is 2. The van der Waals surface area contributed by atoms with Gasteiger partial charge in [-0.25, -0.2) is 8.42 Å². The molecule has 2 atom stereocenters. The Labute approximate surface area is 198 Å². The first kappa shape index (κ1) is 23.3. The van der Waals surface area contributed by atoms with E-state index in [4.69, 9.17) is 4.74 Å². The van der Waals surface area contributed by atoms with E-state index in [0.29, 0.717) is 23.1 Å². The van der Waals surface area contributed by atoms with Gasteiger partial charge < -0.3 is 15.0 Å². The lowest BCUT2D eigenvalue weighted by molar-refractivity contribution is -0.130. The molecule has 1 fully saturated rings. The fourth-order valence-corrected chi connectivity index (χ4v) is 4.99. The second-order valence-electron chi connectivity index (χ2n) is 8.90. The van der Waals surface area contributed by atoms with Crippen molar-refractivity contribution in [1.29, 1.82) is 0 Å². The van der Waals surface area contributed by atoms with Gasteiger partial charge in [0.1, 0.15) is 11.5 Å². The van der Waals surface area contributed by atoms with Crippen LogP contribution >= 0.6 is 0 Å². The second-order valence-corrected chi connectivity index (χ2v) is 10.9. The van der Waals surface area contributed by atoms with Gasteiger partial charge in [0.25, 0.3) is 0 Å². The average molecular weight is 474 g/mol. The zero-order chi connectivity index (χ0) is 23.8. The van der Waals surface area contributed by atoms with Crippen LogP contribution in [0.2, 0.25) is 0 Å². The molecule has 7 nitrogen and oxygen atoms in total. The molecule has 2 aromatic carbocycles. The van der Waals surface area contributed by atoms with E-state index in [1.165, 1.54) is 5.56 Å². The molecule has 0 aromatic heterocycles. The van der Waals surface area contributed by atoms with Crippen LogP contribution in [0.1, 0.15) is 47.1 Å². The molecule has 1 saturated heterocycles. The van der Waals surface area contributed by atoms with Crippen molar-refractivity contribution >= 4 is 27.2 Å². The Morgan fingerprint density at radius 1 is 1.21 bits per heavy atom. The van der Waals surface area contributed by atoms with Crippen molar-refractivity contribution in [2.45, 2.75) is 39.2 Å². The summed E-state index contributed by atoms with van der Waals surface area (Å²) in [6.45, 7) is 6.63. The first-order valence-electron chi connectivity index (χ1n) is 11.3. The van der Waals surface area contributed by atoms with Gasteiger partial charge >= 0.3 is 0 Å². The number of sulfonamides is 1. The maximum absolute atomic E-state index is 12.6. The number of anilines is 1. The van der Waals surface area contributed by atoms with Gasteiger partial charge in [-0.1, -0.05) is 26.0 Å². The summed E-state index contributed by atoms with van der Waals surface area (Å²) in [5, 5.41) is 3.30. The van der Waals surface area contributed by atoms with Crippen LogP contribution in [0.4, 0.5) is 5.69 Å². The van der Waals surface area contributed by atoms with E-state index in [1.54, 1.807) is 37.1 Å². The molecule has 33 heavy (non-hydrogen) atoms. The van der Waals surface area contributed by atoms with Crippen LogP contribution < -0.4 is 14.8 Å². The predicted octanol–water partition coefficient (Wildman–Crippen LogP) is 4.65. The zero-order valence-electron chi connectivity index (χ0n) is 19.5. The lowest BCUT2D eigenvalue weighted by Crippen LogP contribution is -2.46. The Kier molecular flexibility index (Phi) is 6.50. The molecule has 0 spiro atoms. The molecular weight excluding hydrogens is 438 g/mol. The number of carbonyl (C=O) groups is 1. The number of carbonyl (C=O) groups excluding carboxylic acids is 1. The number of amides is 1. The minimum absolute atomic E-state index is 0. The van der Waals surface area contributed by atoms with Crippen molar-refractivity contribution in [1.82, 2.24) is 10.2 Å². The van der Waals surface area contributed by atoms with E-state index >= 15 is 0 Å². The summed E-state index contributed by atoms with van der Waals surface area (Å²) >= 11 is 0. The van der Waals surface area contributed by atoms with Crippen LogP contribution in [0.15, 0.2) is 48.7 Å². The van der Waals surface area contributed by atoms with E-state index < -0.39 is 10.0 Å². The molecule has 2 aliphatic rings. The first-order chi connectivity index (χ1) is 15.7. The van der Waals surface area contributed by atoms with Crippen LogP contribution in [-0.4, -0.2) is 44.6 Å². The SMILES string of the molecule is CCS(=O)(=O)Nc1ccc(Oc2ccc(C(C)C)cc2)c(C2=CN(C)C(=O)C3NCCC23)c1.[HH].[HH]. The van der Waals surface area contributed by atoms with E-state index in [-0.39, 0.29) is 26.5 Å². The standard InChI is InChI=1S/C25H31N3O4S.2H2/c1-5-33(30,31)27-18-8-11-23(32-19-9-6-17(7-10-19)16(2)3)21(14-18)22-15-28(4)25(29)24-20(22)12-13-26-24;;/h6-11,14-16,20,24,26-27H,5,12-13H2,1-4H3;2*1H. The van der Waals surface area contributed by atoms with Crippen molar-refractivity contribution in [2.75, 3.05) is 24.1 Å². The van der Waals surface area contributed by atoms with E-state index in [9.17, 15) is 13.2 Å². The number of benzene rings is 2. The highest BCUT2D eigenvalue weighted by Gasteiger charge is 2.41. The van der Waals surface area contributed by atoms with Crippen LogP contribution in [-0.2, 0) is 14.8 Å². The maximum Gasteiger partial charge on any atom is 0.244 e. The highest BCUT2D eigenvalue weighted by atomic mass is 32.2. The predicted molar refractivity (Wildman–Crippen MR) is 135 cm³/mol. The highest BCUT2D eigenvalue weighted by molar-refractivity contribution is 7.92. The number of likely N-dealkylation sites (N-methyl/N-ethyl adjacent to an activating group) is 1. The van der Waals surface area contributed by atoms with Gasteiger partial charge in [0.05, 0.1) is 11.8 Å². The summed E-state index contributed by atoms with van der Waals surface area (Å²) in [6, 6.07) is 13.0. The Hall–Kier alpha value is -2.84. The summed E-state index contributed by atoms with van der Waals surface area (Å²) in [5.41, 5.74) is 3.43. The second kappa shape index (κ2) is 9.19. The number of ether oxygens (including phenoxy) is 1. The largest absolute Gasteiger partial charge is 0.457 e. The third-order valence-electron chi connectivity index (χ3n) is 6.29. The zero-order valence-corrected chi connectivity index (χ0v) is 20.3. The van der Waals surface area contributed by atoms with Crippen LogP contribution in [0.5, 0.6) is 11.5 Å². The molecule has 0 aliphatic carbocycles. The fraction of sp³-hybridized carbons (Fsp3) is 0.400. The third-order valence-corrected chi connectivity index (χ3v) is 7.59. The van der Waals surface area contributed by atoms with Crippen molar-refractivity contribution in [3.8, 4) is 11.5 Å². The van der Waals surface area contributed by atoms with Gasteiger partial charge in [-0.05, 0) is 67.3 Å². The first-order valence-corrected chi connectivity index (χ1v) is 13.0. The quantitative estimate of drug-likeness (QED) is 0.611. The van der Waals surface area contributed by atoms with E-state index in [0.717, 1.165) is 24.1 Å². The molecule has 0 bridgehead atoms. The molecule has 2 aromatic rings. The lowest BCUT2D eigenvalue weighted by Gasteiger charge is -2.32. The topological polar surface area (TPSA) is 87.7 Å². The van der Waals surface area contributed by atoms with E-state index in [2.05, 4.69) is 23.9 Å². The molecule has 1 amide bonds. The van der Waals surface area contributed by atoms with Crippen molar-refractivity contribution in [3.63, 3.8) is 0 Å². The molecule has 0 saturated carbocycles. The van der Waals surface area contributed by atoms with Gasteiger partial charge in [0, 0.05) is 33.3 Å². The molecule has 180 valence electrons. The average Bonchev–Trinajstić information content (AvgIpc) is 3.28. The minimum Gasteiger partial charge on any atom is -0.457 e. The Morgan fingerprint density at radius 2 is 1.94 bits per heavy atom. The van der Waals surface area contributed by atoms with Crippen LogP contribution in [0, 0.1) is 5.92 Å². The number of nitrogens with zero attached hydrogens (tertiary/aromatic N) is 1. The molecule has 2 heterocycles. The Morgan fingerprint density at radius 3 is 2.61 bits per heavy atom. The molecular formula is C25H35N3O4S. The van der Waals surface area contributed by atoms with Crippen LogP contribution in [0.25, 0.3) is 5.57 Å². The molecule has 2 unspecified atom stereocenters. The summed E-state index contributed by atoms with van der Waals surface area (Å²) in [7, 11) is -1.69. The number of nitrogens with one attached hydrogen (secondary N) is 2. The summed E-state index contributed by atoms with van der Waals surface area (Å²) < 4.78 is 33.3.